The van der Waals surface area contributed by atoms with Gasteiger partial charge in [-0.05, 0) is 48.5 Å². The van der Waals surface area contributed by atoms with Gasteiger partial charge < -0.3 is 10.6 Å². The molecule has 0 radical (unpaired) electrons. The Morgan fingerprint density at radius 3 is 2.04 bits per heavy atom. The average molecular weight is 383 g/mol. The van der Waals surface area contributed by atoms with Crippen LogP contribution in [-0.4, -0.2) is 15.9 Å². The number of anilines is 3. The van der Waals surface area contributed by atoms with Crippen molar-refractivity contribution in [2.75, 3.05) is 10.6 Å². The van der Waals surface area contributed by atoms with Crippen LogP contribution in [0, 0.1) is 11.3 Å². The van der Waals surface area contributed by atoms with E-state index in [2.05, 4.69) is 20.6 Å². The molecule has 140 valence electrons. The highest BCUT2D eigenvalue weighted by Gasteiger charge is 2.30. The topological polar surface area (TPSA) is 90.7 Å². The van der Waals surface area contributed by atoms with E-state index < -0.39 is 17.6 Å². The van der Waals surface area contributed by atoms with E-state index in [9.17, 15) is 18.0 Å². The lowest BCUT2D eigenvalue weighted by molar-refractivity contribution is -0.137. The molecule has 1 amide bonds. The van der Waals surface area contributed by atoms with Gasteiger partial charge in [0.25, 0.3) is 5.91 Å². The summed E-state index contributed by atoms with van der Waals surface area (Å²) in [5, 5.41) is 14.2. The molecule has 2 aromatic carbocycles. The van der Waals surface area contributed by atoms with Gasteiger partial charge in [-0.1, -0.05) is 0 Å². The van der Waals surface area contributed by atoms with Crippen molar-refractivity contribution in [1.29, 1.82) is 5.26 Å². The predicted octanol–water partition coefficient (Wildman–Crippen LogP) is 4.36. The number of hydrogen-bond donors (Lipinski definition) is 2. The summed E-state index contributed by atoms with van der Waals surface area (Å²) in [5.41, 5.74) is 0.748. The Hall–Kier alpha value is -3.93. The van der Waals surface area contributed by atoms with E-state index in [1.165, 1.54) is 24.5 Å². The van der Waals surface area contributed by atoms with E-state index >= 15 is 0 Å². The second-order valence-electron chi connectivity index (χ2n) is 5.64. The standard InChI is InChI=1S/C19H12F3N5O/c20-19(21,22)14-3-7-15(8-4-14)26-17(28)13-10-24-18(25-11-13)27-16-5-1-12(9-23)2-6-16/h1-8,10-11H,(H,26,28)(H,24,25,27). The summed E-state index contributed by atoms with van der Waals surface area (Å²) in [6.45, 7) is 0. The zero-order valence-electron chi connectivity index (χ0n) is 14.2. The van der Waals surface area contributed by atoms with Gasteiger partial charge in [0.15, 0.2) is 0 Å². The Bertz CT molecular complexity index is 1010. The molecule has 28 heavy (non-hydrogen) atoms. The fourth-order valence-electron chi connectivity index (χ4n) is 2.21. The van der Waals surface area contributed by atoms with E-state index in [1.54, 1.807) is 24.3 Å². The number of nitriles is 1. The highest BCUT2D eigenvalue weighted by Crippen LogP contribution is 2.29. The number of aromatic nitrogens is 2. The number of nitrogens with one attached hydrogen (secondary N) is 2. The van der Waals surface area contributed by atoms with Crippen molar-refractivity contribution in [2.45, 2.75) is 6.18 Å². The lowest BCUT2D eigenvalue weighted by Crippen LogP contribution is -2.13. The Labute approximate surface area is 157 Å². The third-order valence-electron chi connectivity index (χ3n) is 3.65. The second kappa shape index (κ2) is 7.75. The highest BCUT2D eigenvalue weighted by atomic mass is 19.4. The quantitative estimate of drug-likeness (QED) is 0.698. The molecule has 9 heteroatoms. The molecule has 3 aromatic rings. The summed E-state index contributed by atoms with van der Waals surface area (Å²) in [7, 11) is 0. The first kappa shape index (κ1) is 18.8. The number of rotatable bonds is 4. The molecule has 0 aliphatic heterocycles. The van der Waals surface area contributed by atoms with Crippen LogP contribution in [0.15, 0.2) is 60.9 Å². The molecule has 0 aliphatic carbocycles. The van der Waals surface area contributed by atoms with Gasteiger partial charge in [0.1, 0.15) is 0 Å². The molecule has 1 aromatic heterocycles. The lowest BCUT2D eigenvalue weighted by Gasteiger charge is -2.09. The number of amides is 1. The number of hydrogen-bond acceptors (Lipinski definition) is 5. The van der Waals surface area contributed by atoms with Crippen LogP contribution in [0.1, 0.15) is 21.5 Å². The molecule has 0 saturated heterocycles. The van der Waals surface area contributed by atoms with E-state index in [-0.39, 0.29) is 17.2 Å². The molecule has 3 rings (SSSR count). The predicted molar refractivity (Wildman–Crippen MR) is 95.9 cm³/mol. The van der Waals surface area contributed by atoms with Gasteiger partial charge in [0.2, 0.25) is 5.95 Å². The maximum Gasteiger partial charge on any atom is 0.416 e. The SMILES string of the molecule is N#Cc1ccc(Nc2ncc(C(=O)Nc3ccc(C(F)(F)F)cc3)cn2)cc1. The molecule has 0 spiro atoms. The smallest absolute Gasteiger partial charge is 0.324 e. The van der Waals surface area contributed by atoms with Crippen LogP contribution >= 0.6 is 0 Å². The zero-order valence-corrected chi connectivity index (χ0v) is 14.2. The summed E-state index contributed by atoms with van der Waals surface area (Å²) in [6.07, 6.45) is -1.86. The van der Waals surface area contributed by atoms with Crippen LogP contribution in [0.3, 0.4) is 0 Å². The Morgan fingerprint density at radius 1 is 0.929 bits per heavy atom. The average Bonchev–Trinajstić information content (AvgIpc) is 2.69. The monoisotopic (exact) mass is 383 g/mol. The van der Waals surface area contributed by atoms with E-state index in [1.807, 2.05) is 6.07 Å². The number of halogens is 3. The van der Waals surface area contributed by atoms with Gasteiger partial charge in [0, 0.05) is 23.8 Å². The van der Waals surface area contributed by atoms with Crippen molar-refractivity contribution < 1.29 is 18.0 Å². The Kier molecular flexibility index (Phi) is 5.22. The van der Waals surface area contributed by atoms with Gasteiger partial charge >= 0.3 is 6.18 Å². The zero-order chi connectivity index (χ0) is 20.1. The molecule has 2 N–H and O–H groups in total. The summed E-state index contributed by atoms with van der Waals surface area (Å²) >= 11 is 0. The van der Waals surface area contributed by atoms with Gasteiger partial charge in [0.05, 0.1) is 22.8 Å². The highest BCUT2D eigenvalue weighted by molar-refractivity contribution is 6.03. The third-order valence-corrected chi connectivity index (χ3v) is 3.65. The number of alkyl halides is 3. The van der Waals surface area contributed by atoms with Crippen LogP contribution in [0.2, 0.25) is 0 Å². The summed E-state index contributed by atoms with van der Waals surface area (Å²) in [6, 6.07) is 12.8. The van der Waals surface area contributed by atoms with Crippen molar-refractivity contribution >= 4 is 23.2 Å². The molecule has 0 fully saturated rings. The first-order chi connectivity index (χ1) is 13.3. The van der Waals surface area contributed by atoms with Crippen LogP contribution in [0.5, 0.6) is 0 Å². The van der Waals surface area contributed by atoms with E-state index in [4.69, 9.17) is 5.26 Å². The van der Waals surface area contributed by atoms with Crippen molar-refractivity contribution in [1.82, 2.24) is 9.97 Å². The van der Waals surface area contributed by atoms with Gasteiger partial charge in [-0.3, -0.25) is 4.79 Å². The number of carbonyl (C=O) groups is 1. The molecule has 6 nitrogen and oxygen atoms in total. The minimum atomic E-state index is -4.44. The largest absolute Gasteiger partial charge is 0.416 e. The first-order valence-electron chi connectivity index (χ1n) is 7.93. The fraction of sp³-hybridized carbons (Fsp3) is 0.0526. The Balaban J connectivity index is 1.64. The first-order valence-corrected chi connectivity index (χ1v) is 7.93. The van der Waals surface area contributed by atoms with Gasteiger partial charge in [-0.25, -0.2) is 9.97 Å². The molecule has 0 unspecified atom stereocenters. The number of nitrogens with zero attached hydrogens (tertiary/aromatic N) is 3. The summed E-state index contributed by atoms with van der Waals surface area (Å²) < 4.78 is 37.7. The minimum Gasteiger partial charge on any atom is -0.324 e. The molecular weight excluding hydrogens is 371 g/mol. The molecular formula is C19H12F3N5O. The molecule has 0 bridgehead atoms. The van der Waals surface area contributed by atoms with E-state index in [0.717, 1.165) is 12.1 Å². The fourth-order valence-corrected chi connectivity index (χ4v) is 2.21. The lowest BCUT2D eigenvalue weighted by atomic mass is 10.2. The second-order valence-corrected chi connectivity index (χ2v) is 5.64. The van der Waals surface area contributed by atoms with Crippen LogP contribution in [0.4, 0.5) is 30.5 Å². The van der Waals surface area contributed by atoms with Crippen molar-refractivity contribution in [3.63, 3.8) is 0 Å². The third kappa shape index (κ3) is 4.62. The molecule has 1 heterocycles. The van der Waals surface area contributed by atoms with Crippen LogP contribution in [0.25, 0.3) is 0 Å². The molecule has 0 aliphatic rings. The molecule has 0 saturated carbocycles. The maximum absolute atomic E-state index is 12.6. The summed E-state index contributed by atoms with van der Waals surface area (Å²) in [4.78, 5) is 20.2. The van der Waals surface area contributed by atoms with Crippen molar-refractivity contribution in [2.24, 2.45) is 0 Å². The summed E-state index contributed by atoms with van der Waals surface area (Å²) in [5.74, 6) is -0.305. The van der Waals surface area contributed by atoms with Gasteiger partial charge in [-0.2, -0.15) is 18.4 Å². The minimum absolute atomic E-state index is 0.144. The Morgan fingerprint density at radius 2 is 1.50 bits per heavy atom. The number of carbonyl (C=O) groups excluding carboxylic acids is 1. The van der Waals surface area contributed by atoms with Crippen LogP contribution in [-0.2, 0) is 6.18 Å². The van der Waals surface area contributed by atoms with E-state index in [0.29, 0.717) is 11.3 Å². The van der Waals surface area contributed by atoms with Gasteiger partial charge in [-0.15, -0.1) is 0 Å². The van der Waals surface area contributed by atoms with Crippen molar-refractivity contribution in [3.8, 4) is 6.07 Å². The molecule has 0 atom stereocenters. The maximum atomic E-state index is 12.6. The van der Waals surface area contributed by atoms with Crippen molar-refractivity contribution in [3.05, 3.63) is 77.6 Å². The normalized spacial score (nSPS) is 10.8. The van der Waals surface area contributed by atoms with Crippen LogP contribution < -0.4 is 10.6 Å². The number of benzene rings is 2.